The maximum Gasteiger partial charge on any atom is 0.156 e. The fourth-order valence-electron chi connectivity index (χ4n) is 2.22. The van der Waals surface area contributed by atoms with Crippen LogP contribution in [0, 0.1) is 0 Å². The van der Waals surface area contributed by atoms with Crippen molar-refractivity contribution in [3.05, 3.63) is 0 Å². The summed E-state index contributed by atoms with van der Waals surface area (Å²) in [5, 5.41) is 12.5. The lowest BCUT2D eigenvalue weighted by molar-refractivity contribution is 0.191. The van der Waals surface area contributed by atoms with Gasteiger partial charge in [0, 0.05) is 25.7 Å². The Morgan fingerprint density at radius 3 is 2.47 bits per heavy atom. The average Bonchev–Trinajstić information content (AvgIpc) is 2.77. The van der Waals surface area contributed by atoms with Gasteiger partial charge >= 0.3 is 0 Å². The second kappa shape index (κ2) is 7.02. The quantitative estimate of drug-likeness (QED) is 0.704. The molecular formula is C13H28N2O3S. The highest BCUT2D eigenvalue weighted by Gasteiger charge is 2.29. The van der Waals surface area contributed by atoms with Crippen LogP contribution in [0.15, 0.2) is 0 Å². The largest absolute Gasteiger partial charge is 0.395 e. The van der Waals surface area contributed by atoms with E-state index >= 15 is 0 Å². The summed E-state index contributed by atoms with van der Waals surface area (Å²) >= 11 is 0. The summed E-state index contributed by atoms with van der Waals surface area (Å²) < 4.78 is 23.5. The third-order valence-corrected chi connectivity index (χ3v) is 6.25. The van der Waals surface area contributed by atoms with E-state index in [1.807, 2.05) is 4.90 Å². The van der Waals surface area contributed by atoms with E-state index in [4.69, 9.17) is 5.11 Å². The molecule has 19 heavy (non-hydrogen) atoms. The lowest BCUT2D eigenvalue weighted by Gasteiger charge is -2.26. The van der Waals surface area contributed by atoms with Crippen molar-refractivity contribution in [1.82, 2.24) is 10.2 Å². The molecule has 0 spiro atoms. The zero-order chi connectivity index (χ0) is 14.5. The van der Waals surface area contributed by atoms with Crippen molar-refractivity contribution in [2.24, 2.45) is 0 Å². The van der Waals surface area contributed by atoms with Crippen molar-refractivity contribution < 1.29 is 13.5 Å². The number of aliphatic hydroxyl groups is 1. The fourth-order valence-corrected chi connectivity index (χ4v) is 3.33. The molecule has 5 nitrogen and oxygen atoms in total. The molecule has 1 aliphatic heterocycles. The number of nitrogens with zero attached hydrogens (tertiary/aromatic N) is 1. The molecule has 1 aliphatic rings. The minimum absolute atomic E-state index is 0.0717. The molecule has 0 radical (unpaired) electrons. The number of aliphatic hydroxyl groups excluding tert-OH is 1. The van der Waals surface area contributed by atoms with Crippen LogP contribution in [0.4, 0.5) is 0 Å². The van der Waals surface area contributed by atoms with Gasteiger partial charge in [0.25, 0.3) is 0 Å². The number of hydrogen-bond acceptors (Lipinski definition) is 5. The fraction of sp³-hybridized carbons (Fsp3) is 1.00. The number of rotatable bonds is 7. The summed E-state index contributed by atoms with van der Waals surface area (Å²) in [6.07, 6.45) is 2.31. The lowest BCUT2D eigenvalue weighted by Crippen LogP contribution is -2.43. The van der Waals surface area contributed by atoms with E-state index in [0.29, 0.717) is 19.1 Å². The maximum absolute atomic E-state index is 12.1. The van der Waals surface area contributed by atoms with Gasteiger partial charge in [0.05, 0.1) is 17.1 Å². The van der Waals surface area contributed by atoms with E-state index in [9.17, 15) is 8.42 Å². The van der Waals surface area contributed by atoms with Gasteiger partial charge < -0.3 is 10.4 Å². The molecule has 1 atom stereocenters. The molecule has 2 N–H and O–H groups in total. The van der Waals surface area contributed by atoms with E-state index < -0.39 is 14.6 Å². The molecule has 6 heteroatoms. The van der Waals surface area contributed by atoms with E-state index in [-0.39, 0.29) is 12.4 Å². The zero-order valence-electron chi connectivity index (χ0n) is 12.4. The molecule has 0 bridgehead atoms. The normalized spacial score (nSPS) is 21.2. The van der Waals surface area contributed by atoms with Gasteiger partial charge in [0.15, 0.2) is 9.84 Å². The van der Waals surface area contributed by atoms with Crippen LogP contribution in [0.5, 0.6) is 0 Å². The average molecular weight is 292 g/mol. The highest BCUT2D eigenvalue weighted by Crippen LogP contribution is 2.16. The topological polar surface area (TPSA) is 69.6 Å². The van der Waals surface area contributed by atoms with Crippen molar-refractivity contribution in [2.75, 3.05) is 38.5 Å². The van der Waals surface area contributed by atoms with Gasteiger partial charge in [0.1, 0.15) is 0 Å². The van der Waals surface area contributed by atoms with Crippen LogP contribution in [0.3, 0.4) is 0 Å². The molecular weight excluding hydrogens is 264 g/mol. The van der Waals surface area contributed by atoms with Crippen molar-refractivity contribution >= 4 is 9.84 Å². The molecule has 0 saturated carbocycles. The summed E-state index contributed by atoms with van der Waals surface area (Å²) in [4.78, 5) is 2.05. The Labute approximate surface area is 117 Å². The van der Waals surface area contributed by atoms with Gasteiger partial charge in [-0.05, 0) is 40.2 Å². The zero-order valence-corrected chi connectivity index (χ0v) is 13.2. The van der Waals surface area contributed by atoms with Crippen molar-refractivity contribution in [2.45, 2.75) is 44.4 Å². The van der Waals surface area contributed by atoms with Crippen molar-refractivity contribution in [1.29, 1.82) is 0 Å². The second-order valence-corrected chi connectivity index (χ2v) is 9.11. The van der Waals surface area contributed by atoms with E-state index in [1.165, 1.54) is 6.42 Å². The summed E-state index contributed by atoms with van der Waals surface area (Å²) in [5.74, 6) is 0.156. The first-order valence-corrected chi connectivity index (χ1v) is 8.70. The molecule has 0 aromatic carbocycles. The Bertz CT molecular complexity index is 357. The van der Waals surface area contributed by atoms with Crippen LogP contribution in [-0.4, -0.2) is 67.8 Å². The van der Waals surface area contributed by atoms with Gasteiger partial charge in [-0.15, -0.1) is 0 Å². The van der Waals surface area contributed by atoms with Gasteiger partial charge in [-0.1, -0.05) is 0 Å². The van der Waals surface area contributed by atoms with E-state index in [0.717, 1.165) is 19.5 Å². The lowest BCUT2D eigenvalue weighted by atomic mass is 10.2. The highest BCUT2D eigenvalue weighted by molar-refractivity contribution is 7.92. The first-order valence-electron chi connectivity index (χ1n) is 7.05. The Morgan fingerprint density at radius 2 is 2.00 bits per heavy atom. The van der Waals surface area contributed by atoms with Crippen LogP contribution in [-0.2, 0) is 9.84 Å². The van der Waals surface area contributed by atoms with Gasteiger partial charge in [-0.2, -0.15) is 0 Å². The maximum atomic E-state index is 12.1. The van der Waals surface area contributed by atoms with E-state index in [1.54, 1.807) is 20.8 Å². The van der Waals surface area contributed by atoms with Gasteiger partial charge in [0.2, 0.25) is 0 Å². The third-order valence-electron chi connectivity index (χ3n) is 3.67. The number of sulfone groups is 1. The van der Waals surface area contributed by atoms with Gasteiger partial charge in [-0.3, -0.25) is 4.90 Å². The Morgan fingerprint density at radius 1 is 1.32 bits per heavy atom. The minimum atomic E-state index is -3.09. The summed E-state index contributed by atoms with van der Waals surface area (Å²) in [6, 6.07) is 0.434. The summed E-state index contributed by atoms with van der Waals surface area (Å²) in [5.41, 5.74) is 0. The van der Waals surface area contributed by atoms with Crippen LogP contribution in [0.2, 0.25) is 0 Å². The monoisotopic (exact) mass is 292 g/mol. The van der Waals surface area contributed by atoms with Crippen molar-refractivity contribution in [3.63, 3.8) is 0 Å². The highest BCUT2D eigenvalue weighted by atomic mass is 32.2. The van der Waals surface area contributed by atoms with Gasteiger partial charge in [-0.25, -0.2) is 8.42 Å². The Hall–Kier alpha value is -0.170. The molecule has 1 fully saturated rings. The predicted octanol–water partition coefficient (Wildman–Crippen LogP) is 0.246. The SMILES string of the molecule is CC(C)(C)S(=O)(=O)CCN(CCO)CC1CCCN1. The van der Waals surface area contributed by atoms with Crippen LogP contribution in [0.1, 0.15) is 33.6 Å². The summed E-state index contributed by atoms with van der Waals surface area (Å²) in [7, 11) is -3.09. The first-order chi connectivity index (χ1) is 8.76. The van der Waals surface area contributed by atoms with E-state index in [2.05, 4.69) is 5.32 Å². The molecule has 1 heterocycles. The predicted molar refractivity (Wildman–Crippen MR) is 78.1 cm³/mol. The molecule has 1 unspecified atom stereocenters. The van der Waals surface area contributed by atoms with Crippen LogP contribution >= 0.6 is 0 Å². The van der Waals surface area contributed by atoms with Crippen LogP contribution in [0.25, 0.3) is 0 Å². The number of hydrogen-bond donors (Lipinski definition) is 2. The molecule has 114 valence electrons. The standard InChI is InChI=1S/C13H28N2O3S/c1-13(2,3)19(17,18)10-8-15(7-9-16)11-12-5-4-6-14-12/h12,14,16H,4-11H2,1-3H3. The number of nitrogens with one attached hydrogen (secondary N) is 1. The van der Waals surface area contributed by atoms with Crippen LogP contribution < -0.4 is 5.32 Å². The molecule has 1 saturated heterocycles. The molecule has 0 aromatic heterocycles. The molecule has 0 aromatic rings. The Kier molecular flexibility index (Phi) is 6.23. The minimum Gasteiger partial charge on any atom is -0.395 e. The first kappa shape index (κ1) is 16.9. The molecule has 0 amide bonds. The second-order valence-electron chi connectivity index (χ2n) is 6.25. The summed E-state index contributed by atoms with van der Waals surface area (Å²) in [6.45, 7) is 8.17. The molecule has 1 rings (SSSR count). The molecule has 0 aliphatic carbocycles. The Balaban J connectivity index is 2.49. The van der Waals surface area contributed by atoms with Crippen molar-refractivity contribution in [3.8, 4) is 0 Å². The third kappa shape index (κ3) is 5.38. The smallest absolute Gasteiger partial charge is 0.156 e.